The minimum Gasteiger partial charge on any atom is -0.383 e. The molecule has 7 heteroatoms. The standard InChI is InChI=1S/C22H23N5O2/c23-20-19(10-17(12-24-20)16-6-8-29-9-7-16)21-25-13-18(14-26-21)22(28)27-11-15-4-2-1-3-5-15/h1-5,10,12-14,16H,6-9,11H2,(H2,23,24)(H,27,28). The number of pyridine rings is 1. The van der Waals surface area contributed by atoms with Crippen molar-refractivity contribution in [3.05, 3.63) is 71.7 Å². The maximum Gasteiger partial charge on any atom is 0.254 e. The van der Waals surface area contributed by atoms with Crippen molar-refractivity contribution < 1.29 is 9.53 Å². The topological polar surface area (TPSA) is 103 Å². The van der Waals surface area contributed by atoms with E-state index in [1.165, 1.54) is 12.4 Å². The Balaban J connectivity index is 1.48. The number of nitrogens with zero attached hydrogens (tertiary/aromatic N) is 3. The molecule has 148 valence electrons. The average Bonchev–Trinajstić information content (AvgIpc) is 2.79. The number of benzene rings is 1. The molecule has 1 amide bonds. The number of aromatic nitrogens is 3. The van der Waals surface area contributed by atoms with E-state index in [-0.39, 0.29) is 5.91 Å². The van der Waals surface area contributed by atoms with E-state index in [9.17, 15) is 4.79 Å². The molecular formula is C22H23N5O2. The number of anilines is 1. The van der Waals surface area contributed by atoms with Gasteiger partial charge in [0.2, 0.25) is 0 Å². The number of nitrogens with one attached hydrogen (secondary N) is 1. The predicted molar refractivity (Wildman–Crippen MR) is 110 cm³/mol. The van der Waals surface area contributed by atoms with Crippen LogP contribution in [-0.4, -0.2) is 34.1 Å². The molecule has 3 N–H and O–H groups in total. The third-order valence-electron chi connectivity index (χ3n) is 5.08. The van der Waals surface area contributed by atoms with Gasteiger partial charge in [-0.1, -0.05) is 30.3 Å². The van der Waals surface area contributed by atoms with Crippen molar-refractivity contribution in [2.24, 2.45) is 0 Å². The molecule has 29 heavy (non-hydrogen) atoms. The number of amides is 1. The van der Waals surface area contributed by atoms with Gasteiger partial charge in [-0.2, -0.15) is 0 Å². The fraction of sp³-hybridized carbons (Fsp3) is 0.273. The fourth-order valence-corrected chi connectivity index (χ4v) is 3.39. The Hall–Kier alpha value is -3.32. The molecule has 2 aromatic heterocycles. The molecule has 0 saturated carbocycles. The lowest BCUT2D eigenvalue weighted by molar-refractivity contribution is 0.0853. The number of carbonyl (C=O) groups is 1. The highest BCUT2D eigenvalue weighted by atomic mass is 16.5. The Morgan fingerprint density at radius 1 is 1.07 bits per heavy atom. The Morgan fingerprint density at radius 3 is 2.52 bits per heavy atom. The van der Waals surface area contributed by atoms with Gasteiger partial charge in [-0.3, -0.25) is 4.79 Å². The number of hydrogen-bond acceptors (Lipinski definition) is 6. The SMILES string of the molecule is Nc1ncc(C2CCOCC2)cc1-c1ncc(C(=O)NCc2ccccc2)cn1. The summed E-state index contributed by atoms with van der Waals surface area (Å²) >= 11 is 0. The van der Waals surface area contributed by atoms with Crippen LogP contribution in [0.25, 0.3) is 11.4 Å². The number of hydrogen-bond donors (Lipinski definition) is 2. The fourth-order valence-electron chi connectivity index (χ4n) is 3.39. The Bertz CT molecular complexity index is 970. The quantitative estimate of drug-likeness (QED) is 0.695. The first-order valence-electron chi connectivity index (χ1n) is 9.68. The molecule has 1 fully saturated rings. The lowest BCUT2D eigenvalue weighted by atomic mass is 9.92. The second-order valence-electron chi connectivity index (χ2n) is 7.05. The van der Waals surface area contributed by atoms with Crippen LogP contribution in [0.15, 0.2) is 55.0 Å². The van der Waals surface area contributed by atoms with Gasteiger partial charge in [0.25, 0.3) is 5.91 Å². The van der Waals surface area contributed by atoms with Crippen molar-refractivity contribution in [2.75, 3.05) is 18.9 Å². The van der Waals surface area contributed by atoms with Gasteiger partial charge >= 0.3 is 0 Å². The van der Waals surface area contributed by atoms with Crippen LogP contribution in [0, 0.1) is 0 Å². The van der Waals surface area contributed by atoms with E-state index >= 15 is 0 Å². The van der Waals surface area contributed by atoms with E-state index in [0.29, 0.717) is 35.2 Å². The predicted octanol–water partition coefficient (Wildman–Crippen LogP) is 2.94. The second kappa shape index (κ2) is 8.79. The van der Waals surface area contributed by atoms with Gasteiger partial charge in [0.15, 0.2) is 5.82 Å². The summed E-state index contributed by atoms with van der Waals surface area (Å²) in [6.45, 7) is 1.97. The van der Waals surface area contributed by atoms with Gasteiger partial charge in [0.05, 0.1) is 11.1 Å². The Kier molecular flexibility index (Phi) is 5.76. The first-order chi connectivity index (χ1) is 14.2. The molecule has 0 aliphatic carbocycles. The van der Waals surface area contributed by atoms with Crippen molar-refractivity contribution in [1.29, 1.82) is 0 Å². The number of ether oxygens (including phenoxy) is 1. The largest absolute Gasteiger partial charge is 0.383 e. The van der Waals surface area contributed by atoms with Gasteiger partial charge in [-0.15, -0.1) is 0 Å². The van der Waals surface area contributed by atoms with Crippen molar-refractivity contribution in [3.63, 3.8) is 0 Å². The van der Waals surface area contributed by atoms with Crippen LogP contribution in [0.4, 0.5) is 5.82 Å². The zero-order valence-corrected chi connectivity index (χ0v) is 16.0. The van der Waals surface area contributed by atoms with Crippen molar-refractivity contribution in [1.82, 2.24) is 20.3 Å². The zero-order chi connectivity index (χ0) is 20.1. The summed E-state index contributed by atoms with van der Waals surface area (Å²) < 4.78 is 5.44. The molecule has 1 aromatic carbocycles. The highest BCUT2D eigenvalue weighted by Crippen LogP contribution is 2.30. The smallest absolute Gasteiger partial charge is 0.254 e. The van der Waals surface area contributed by atoms with Gasteiger partial charge < -0.3 is 15.8 Å². The summed E-state index contributed by atoms with van der Waals surface area (Å²) in [5.74, 6) is 1.02. The number of rotatable bonds is 5. The monoisotopic (exact) mass is 389 g/mol. The summed E-state index contributed by atoms with van der Waals surface area (Å²) in [5.41, 5.74) is 9.30. The van der Waals surface area contributed by atoms with Crippen molar-refractivity contribution in [3.8, 4) is 11.4 Å². The summed E-state index contributed by atoms with van der Waals surface area (Å²) in [5, 5.41) is 2.87. The third kappa shape index (κ3) is 4.57. The van der Waals surface area contributed by atoms with E-state index in [4.69, 9.17) is 10.5 Å². The Labute approximate surface area is 169 Å². The summed E-state index contributed by atoms with van der Waals surface area (Å²) in [6, 6.07) is 11.7. The highest BCUT2D eigenvalue weighted by Gasteiger charge is 2.19. The van der Waals surface area contributed by atoms with Crippen LogP contribution in [0.2, 0.25) is 0 Å². The van der Waals surface area contributed by atoms with E-state index in [1.54, 1.807) is 0 Å². The molecule has 0 bridgehead atoms. The third-order valence-corrected chi connectivity index (χ3v) is 5.08. The van der Waals surface area contributed by atoms with E-state index in [1.807, 2.05) is 42.6 Å². The molecule has 0 unspecified atom stereocenters. The maximum atomic E-state index is 12.4. The first-order valence-corrected chi connectivity index (χ1v) is 9.68. The van der Waals surface area contributed by atoms with Crippen LogP contribution in [0.5, 0.6) is 0 Å². The van der Waals surface area contributed by atoms with E-state index in [2.05, 4.69) is 20.3 Å². The van der Waals surface area contributed by atoms with Crippen LogP contribution >= 0.6 is 0 Å². The van der Waals surface area contributed by atoms with Gasteiger partial charge in [-0.25, -0.2) is 15.0 Å². The average molecular weight is 389 g/mol. The molecule has 1 saturated heterocycles. The molecule has 0 atom stereocenters. The zero-order valence-electron chi connectivity index (χ0n) is 16.0. The second-order valence-corrected chi connectivity index (χ2v) is 7.05. The maximum absolute atomic E-state index is 12.4. The molecule has 1 aliphatic rings. The van der Waals surface area contributed by atoms with Crippen molar-refractivity contribution >= 4 is 11.7 Å². The first kappa shape index (κ1) is 19.0. The van der Waals surface area contributed by atoms with Gasteiger partial charge in [0, 0.05) is 38.3 Å². The summed E-state index contributed by atoms with van der Waals surface area (Å²) in [6.07, 6.45) is 6.78. The summed E-state index contributed by atoms with van der Waals surface area (Å²) in [7, 11) is 0. The lowest BCUT2D eigenvalue weighted by Gasteiger charge is -2.22. The van der Waals surface area contributed by atoms with Crippen LogP contribution in [0.3, 0.4) is 0 Å². The number of nitrogen functional groups attached to an aromatic ring is 1. The van der Waals surface area contributed by atoms with Crippen LogP contribution in [0.1, 0.15) is 40.2 Å². The minimum absolute atomic E-state index is 0.220. The van der Waals surface area contributed by atoms with Crippen molar-refractivity contribution in [2.45, 2.75) is 25.3 Å². The number of carbonyl (C=O) groups excluding carboxylic acids is 1. The minimum atomic E-state index is -0.220. The molecule has 7 nitrogen and oxygen atoms in total. The molecule has 0 radical (unpaired) electrons. The van der Waals surface area contributed by atoms with Crippen LogP contribution in [-0.2, 0) is 11.3 Å². The number of nitrogens with two attached hydrogens (primary N) is 1. The van der Waals surface area contributed by atoms with Crippen LogP contribution < -0.4 is 11.1 Å². The molecule has 0 spiro atoms. The Morgan fingerprint density at radius 2 is 1.79 bits per heavy atom. The van der Waals surface area contributed by atoms with E-state index < -0.39 is 0 Å². The molecular weight excluding hydrogens is 366 g/mol. The molecule has 1 aliphatic heterocycles. The molecule has 3 heterocycles. The van der Waals surface area contributed by atoms with Gasteiger partial charge in [-0.05, 0) is 36.0 Å². The lowest BCUT2D eigenvalue weighted by Crippen LogP contribution is -2.23. The summed E-state index contributed by atoms with van der Waals surface area (Å²) in [4.78, 5) is 25.4. The highest BCUT2D eigenvalue weighted by molar-refractivity contribution is 5.93. The molecule has 3 aromatic rings. The molecule has 4 rings (SSSR count). The van der Waals surface area contributed by atoms with E-state index in [0.717, 1.165) is 37.2 Å². The van der Waals surface area contributed by atoms with Gasteiger partial charge in [0.1, 0.15) is 5.82 Å². The normalized spacial score (nSPS) is 14.5.